The maximum absolute atomic E-state index is 10.8. The smallest absolute Gasteiger partial charge is 0.303 e. The minimum atomic E-state index is -1.57. The highest BCUT2D eigenvalue weighted by atomic mass is 16.6. The third-order valence-electron chi connectivity index (χ3n) is 2.87. The molecule has 0 amide bonds. The van der Waals surface area contributed by atoms with Crippen molar-refractivity contribution in [1.82, 2.24) is 0 Å². The molecule has 1 saturated carbocycles. The van der Waals surface area contributed by atoms with Gasteiger partial charge in [-0.3, -0.25) is 4.79 Å². The van der Waals surface area contributed by atoms with Crippen molar-refractivity contribution in [3.8, 4) is 0 Å². The zero-order valence-electron chi connectivity index (χ0n) is 9.09. The summed E-state index contributed by atoms with van der Waals surface area (Å²) in [6.45, 7) is 1.07. The lowest BCUT2D eigenvalue weighted by molar-refractivity contribution is -0.195. The van der Waals surface area contributed by atoms with E-state index in [1.54, 1.807) is 0 Å². The van der Waals surface area contributed by atoms with Gasteiger partial charge in [-0.25, -0.2) is 0 Å². The number of hydrogen-bond donors (Lipinski definition) is 3. The molecule has 17 heavy (non-hydrogen) atoms. The molecule has 0 heterocycles. The Balaban J connectivity index is 3.01. The van der Waals surface area contributed by atoms with Gasteiger partial charge in [-0.2, -0.15) is 0 Å². The lowest BCUT2D eigenvalue weighted by Gasteiger charge is -2.41. The van der Waals surface area contributed by atoms with Crippen LogP contribution in [0.25, 0.3) is 0 Å². The first-order chi connectivity index (χ1) is 7.93. The average molecular weight is 246 g/mol. The molecule has 1 aliphatic carbocycles. The zero-order valence-corrected chi connectivity index (χ0v) is 9.09. The van der Waals surface area contributed by atoms with Crippen LogP contribution in [0.5, 0.6) is 0 Å². The van der Waals surface area contributed by atoms with Gasteiger partial charge in [-0.1, -0.05) is 0 Å². The van der Waals surface area contributed by atoms with E-state index in [4.69, 9.17) is 4.74 Å². The molecule has 0 spiro atoms. The summed E-state index contributed by atoms with van der Waals surface area (Å²) in [5.74, 6) is -3.32. The molecule has 1 aliphatic rings. The number of aliphatic hydroxyl groups excluding tert-OH is 3. The van der Waals surface area contributed by atoms with E-state index in [9.17, 15) is 29.7 Å². The number of hydrogen-bond acceptors (Lipinski definition) is 7. The van der Waals surface area contributed by atoms with Crippen LogP contribution in [0, 0.1) is 11.8 Å². The molecule has 4 unspecified atom stereocenters. The maximum atomic E-state index is 10.8. The van der Waals surface area contributed by atoms with Crippen molar-refractivity contribution in [1.29, 1.82) is 0 Å². The van der Waals surface area contributed by atoms with Gasteiger partial charge in [0.05, 0.1) is 24.0 Å². The van der Waals surface area contributed by atoms with Gasteiger partial charge in [0, 0.05) is 6.92 Å². The average Bonchev–Trinajstić information content (AvgIpc) is 2.27. The van der Waals surface area contributed by atoms with Crippen molar-refractivity contribution in [2.75, 3.05) is 0 Å². The number of aldehydes is 2. The first-order valence-electron chi connectivity index (χ1n) is 5.06. The van der Waals surface area contributed by atoms with Crippen LogP contribution in [-0.2, 0) is 19.1 Å². The molecule has 0 aromatic rings. The molecule has 1 rings (SSSR count). The van der Waals surface area contributed by atoms with E-state index in [1.807, 2.05) is 0 Å². The molecule has 0 aromatic heterocycles. The number of carbonyl (C=O) groups excluding carboxylic acids is 3. The minimum Gasteiger partial charge on any atom is -0.459 e. The predicted octanol–water partition coefficient (Wildman–Crippen LogP) is -2.36. The summed E-state index contributed by atoms with van der Waals surface area (Å²) < 4.78 is 4.71. The van der Waals surface area contributed by atoms with Gasteiger partial charge in [-0.15, -0.1) is 0 Å². The fraction of sp³-hybridized carbons (Fsp3) is 0.700. The van der Waals surface area contributed by atoms with Gasteiger partial charge in [0.25, 0.3) is 0 Å². The minimum absolute atomic E-state index is 0.260. The second-order valence-electron chi connectivity index (χ2n) is 3.97. The summed E-state index contributed by atoms with van der Waals surface area (Å²) in [5, 5.41) is 28.8. The fourth-order valence-corrected chi connectivity index (χ4v) is 1.96. The van der Waals surface area contributed by atoms with Crippen LogP contribution in [0.1, 0.15) is 6.92 Å². The van der Waals surface area contributed by atoms with Crippen molar-refractivity contribution in [2.45, 2.75) is 31.3 Å². The highest BCUT2D eigenvalue weighted by molar-refractivity contribution is 5.68. The Morgan fingerprint density at radius 2 is 1.47 bits per heavy atom. The first kappa shape index (κ1) is 13.8. The summed E-state index contributed by atoms with van der Waals surface area (Å²) in [4.78, 5) is 32.3. The van der Waals surface area contributed by atoms with Crippen molar-refractivity contribution in [2.24, 2.45) is 11.8 Å². The van der Waals surface area contributed by atoms with Crippen LogP contribution in [0.15, 0.2) is 0 Å². The second kappa shape index (κ2) is 5.35. The number of aliphatic hydroxyl groups is 3. The number of rotatable bonds is 3. The molecule has 1 fully saturated rings. The van der Waals surface area contributed by atoms with Crippen LogP contribution in [0.4, 0.5) is 0 Å². The summed E-state index contributed by atoms with van der Waals surface area (Å²) in [7, 11) is 0. The molecule has 3 N–H and O–H groups in total. The fourth-order valence-electron chi connectivity index (χ4n) is 1.96. The molecular weight excluding hydrogens is 232 g/mol. The topological polar surface area (TPSA) is 121 Å². The van der Waals surface area contributed by atoms with E-state index in [0.717, 1.165) is 6.92 Å². The molecule has 0 saturated heterocycles. The van der Waals surface area contributed by atoms with Crippen LogP contribution >= 0.6 is 0 Å². The van der Waals surface area contributed by atoms with Crippen LogP contribution in [-0.4, -0.2) is 58.3 Å². The van der Waals surface area contributed by atoms with E-state index >= 15 is 0 Å². The molecule has 7 heteroatoms. The molecule has 0 aromatic carbocycles. The number of ether oxygens (including phenoxy) is 1. The normalized spacial score (nSPS) is 41.6. The molecule has 0 radical (unpaired) electrons. The van der Waals surface area contributed by atoms with E-state index in [-0.39, 0.29) is 12.6 Å². The Hall–Kier alpha value is -1.31. The van der Waals surface area contributed by atoms with E-state index in [0.29, 0.717) is 0 Å². The Kier molecular flexibility index (Phi) is 4.33. The van der Waals surface area contributed by atoms with Crippen molar-refractivity contribution >= 4 is 18.5 Å². The number of esters is 1. The number of carbonyl (C=O) groups is 3. The standard InChI is InChI=1S/C10H14O7/c1-4(13)17-10-6(3-12)8(15)7(14)5(2-11)9(10)16/h2-3,5-10,14-16H,1H3/t5-,6+,7?,8?,9?,10?/m1/s1. The largest absolute Gasteiger partial charge is 0.459 e. The molecule has 6 atom stereocenters. The summed E-state index contributed by atoms with van der Waals surface area (Å²) in [6.07, 6.45) is -5.44. The van der Waals surface area contributed by atoms with Gasteiger partial charge in [0.15, 0.2) is 0 Å². The van der Waals surface area contributed by atoms with Crippen LogP contribution in [0.3, 0.4) is 0 Å². The molecule has 7 nitrogen and oxygen atoms in total. The SMILES string of the molecule is CC(=O)OC1C(O)[C@H](C=O)C(O)C(O)[C@@H]1C=O. The molecule has 0 bridgehead atoms. The third-order valence-corrected chi connectivity index (χ3v) is 2.87. The van der Waals surface area contributed by atoms with Crippen LogP contribution < -0.4 is 0 Å². The Labute approximate surface area is 97.0 Å². The summed E-state index contributed by atoms with van der Waals surface area (Å²) >= 11 is 0. The van der Waals surface area contributed by atoms with Gasteiger partial charge in [0.2, 0.25) is 0 Å². The first-order valence-corrected chi connectivity index (χ1v) is 5.06. The van der Waals surface area contributed by atoms with E-state index < -0.39 is 42.2 Å². The summed E-state index contributed by atoms with van der Waals surface area (Å²) in [5.41, 5.74) is 0. The van der Waals surface area contributed by atoms with Gasteiger partial charge >= 0.3 is 5.97 Å². The van der Waals surface area contributed by atoms with E-state index in [2.05, 4.69) is 0 Å². The van der Waals surface area contributed by atoms with Gasteiger partial charge in [-0.05, 0) is 0 Å². The van der Waals surface area contributed by atoms with Crippen molar-refractivity contribution < 1.29 is 34.4 Å². The van der Waals surface area contributed by atoms with Crippen LogP contribution in [0.2, 0.25) is 0 Å². The molecular formula is C10H14O7. The maximum Gasteiger partial charge on any atom is 0.303 e. The highest BCUT2D eigenvalue weighted by Gasteiger charge is 2.50. The molecule has 0 aliphatic heterocycles. The zero-order chi connectivity index (χ0) is 13.2. The predicted molar refractivity (Wildman–Crippen MR) is 52.7 cm³/mol. The van der Waals surface area contributed by atoms with Gasteiger partial charge in [0.1, 0.15) is 24.8 Å². The Bertz CT molecular complexity index is 316. The lowest BCUT2D eigenvalue weighted by Crippen LogP contribution is -2.60. The van der Waals surface area contributed by atoms with E-state index in [1.165, 1.54) is 0 Å². The van der Waals surface area contributed by atoms with Gasteiger partial charge < -0.3 is 29.6 Å². The monoisotopic (exact) mass is 246 g/mol. The molecule has 96 valence electrons. The Morgan fingerprint density at radius 3 is 1.88 bits per heavy atom. The Morgan fingerprint density at radius 1 is 1.00 bits per heavy atom. The quantitative estimate of drug-likeness (QED) is 0.376. The second-order valence-corrected chi connectivity index (χ2v) is 3.97. The third kappa shape index (κ3) is 2.51. The van der Waals surface area contributed by atoms with Crippen molar-refractivity contribution in [3.05, 3.63) is 0 Å². The summed E-state index contributed by atoms with van der Waals surface area (Å²) in [6, 6.07) is 0. The lowest BCUT2D eigenvalue weighted by atomic mass is 9.74. The highest BCUT2D eigenvalue weighted by Crippen LogP contribution is 2.30. The van der Waals surface area contributed by atoms with Crippen molar-refractivity contribution in [3.63, 3.8) is 0 Å².